The van der Waals surface area contributed by atoms with Gasteiger partial charge in [-0.15, -0.1) is 16.4 Å². The summed E-state index contributed by atoms with van der Waals surface area (Å²) in [6, 6.07) is 0. The lowest BCUT2D eigenvalue weighted by Crippen LogP contribution is -2.51. The number of nitrogens with zero attached hydrogens (tertiary/aromatic N) is 6. The summed E-state index contributed by atoms with van der Waals surface area (Å²) in [6.45, 7) is 9.15. The first-order valence-corrected chi connectivity index (χ1v) is 9.98. The normalized spacial score (nSPS) is 15.0. The third-order valence-corrected chi connectivity index (χ3v) is 6.48. The highest BCUT2D eigenvalue weighted by molar-refractivity contribution is 7.18. The lowest BCUT2D eigenvalue weighted by Gasteiger charge is -2.34. The second-order valence-corrected chi connectivity index (χ2v) is 8.31. The van der Waals surface area contributed by atoms with Gasteiger partial charge in [-0.2, -0.15) is 0 Å². The fourth-order valence-electron chi connectivity index (χ4n) is 3.61. The molecule has 0 spiro atoms. The van der Waals surface area contributed by atoms with Crippen molar-refractivity contribution in [3.8, 4) is 0 Å². The third-order valence-electron chi connectivity index (χ3n) is 5.38. The van der Waals surface area contributed by atoms with Crippen molar-refractivity contribution in [2.75, 3.05) is 26.2 Å². The molecular weight excluding hydrogens is 380 g/mol. The number of piperazine rings is 1. The van der Waals surface area contributed by atoms with E-state index in [0.717, 1.165) is 20.7 Å². The van der Waals surface area contributed by atoms with Gasteiger partial charge in [0.1, 0.15) is 17.2 Å². The number of carbonyl (C=O) groups is 2. The molecule has 0 unspecified atom stereocenters. The average Bonchev–Trinajstić information content (AvgIpc) is 3.12. The highest BCUT2D eigenvalue weighted by Crippen LogP contribution is 2.31. The van der Waals surface area contributed by atoms with E-state index < -0.39 is 0 Å². The topological polar surface area (TPSA) is 92.8 Å². The van der Waals surface area contributed by atoms with Gasteiger partial charge >= 0.3 is 5.69 Å². The number of rotatable bonds is 2. The summed E-state index contributed by atoms with van der Waals surface area (Å²) in [5.74, 6) is 0.397. The van der Waals surface area contributed by atoms with Crippen molar-refractivity contribution >= 4 is 39.0 Å². The second-order valence-electron chi connectivity index (χ2n) is 7.11. The third kappa shape index (κ3) is 2.88. The van der Waals surface area contributed by atoms with Crippen molar-refractivity contribution in [3.05, 3.63) is 26.7 Å². The molecule has 9 nitrogen and oxygen atoms in total. The Kier molecular flexibility index (Phi) is 4.45. The molecule has 4 heterocycles. The molecule has 0 atom stereocenters. The first kappa shape index (κ1) is 18.6. The van der Waals surface area contributed by atoms with Crippen LogP contribution in [0.25, 0.3) is 15.9 Å². The second kappa shape index (κ2) is 6.69. The Hall–Kier alpha value is -2.75. The van der Waals surface area contributed by atoms with Crippen LogP contribution in [0.4, 0.5) is 0 Å². The van der Waals surface area contributed by atoms with Crippen LogP contribution < -0.4 is 5.69 Å². The molecule has 4 rings (SSSR count). The van der Waals surface area contributed by atoms with Gasteiger partial charge < -0.3 is 9.80 Å². The number of hydrogen-bond acceptors (Lipinski definition) is 6. The van der Waals surface area contributed by atoms with Crippen LogP contribution in [0.2, 0.25) is 0 Å². The Morgan fingerprint density at radius 1 is 1.07 bits per heavy atom. The lowest BCUT2D eigenvalue weighted by atomic mass is 10.2. The molecule has 0 saturated carbocycles. The zero-order chi connectivity index (χ0) is 20.2. The van der Waals surface area contributed by atoms with Crippen LogP contribution in [0.15, 0.2) is 4.79 Å². The molecular formula is C18H22N6O3S. The average molecular weight is 402 g/mol. The largest absolute Gasteiger partial charge is 0.352 e. The zero-order valence-corrected chi connectivity index (χ0v) is 17.2. The van der Waals surface area contributed by atoms with E-state index in [1.54, 1.807) is 28.1 Å². The van der Waals surface area contributed by atoms with Crippen LogP contribution in [0.3, 0.4) is 0 Å². The molecule has 0 radical (unpaired) electrons. The zero-order valence-electron chi connectivity index (χ0n) is 16.4. The van der Waals surface area contributed by atoms with Gasteiger partial charge in [-0.1, -0.05) is 0 Å². The fraction of sp³-hybridized carbons (Fsp3) is 0.500. The van der Waals surface area contributed by atoms with Crippen LogP contribution in [0, 0.1) is 20.8 Å². The number of hydrogen-bond donors (Lipinski definition) is 0. The number of aryl methyl sites for hydroxylation is 3. The summed E-state index contributed by atoms with van der Waals surface area (Å²) in [5, 5.41) is 5.34. The smallest absolute Gasteiger partial charge is 0.339 e. The van der Waals surface area contributed by atoms with E-state index in [9.17, 15) is 14.4 Å². The van der Waals surface area contributed by atoms with Gasteiger partial charge in [0.05, 0.1) is 5.39 Å². The standard InChI is InChI=1S/C18H22N6O3S/c1-10-11(2)28-17-15(10)16-20-23(18(27)24(16)12(3)19-17)9-14(26)22-7-5-21(6-8-22)13(4)25/h5-9H2,1-4H3. The Morgan fingerprint density at radius 2 is 1.71 bits per heavy atom. The minimum absolute atomic E-state index is 0.0112. The fourth-order valence-corrected chi connectivity index (χ4v) is 4.68. The molecule has 1 saturated heterocycles. The van der Waals surface area contributed by atoms with E-state index in [1.807, 2.05) is 13.8 Å². The molecule has 0 N–H and O–H groups in total. The molecule has 10 heteroatoms. The van der Waals surface area contributed by atoms with E-state index in [4.69, 9.17) is 0 Å². The van der Waals surface area contributed by atoms with Gasteiger partial charge in [0.2, 0.25) is 11.8 Å². The van der Waals surface area contributed by atoms with Crippen molar-refractivity contribution in [2.24, 2.45) is 0 Å². The van der Waals surface area contributed by atoms with E-state index in [-0.39, 0.29) is 24.0 Å². The Balaban J connectivity index is 1.66. The van der Waals surface area contributed by atoms with Crippen molar-refractivity contribution in [3.63, 3.8) is 0 Å². The number of amides is 2. The van der Waals surface area contributed by atoms with Crippen LogP contribution in [0.1, 0.15) is 23.2 Å². The van der Waals surface area contributed by atoms with Gasteiger partial charge in [0, 0.05) is 38.0 Å². The van der Waals surface area contributed by atoms with E-state index in [1.165, 1.54) is 16.0 Å². The van der Waals surface area contributed by atoms with Crippen LogP contribution in [-0.2, 0) is 16.1 Å². The van der Waals surface area contributed by atoms with Crippen molar-refractivity contribution in [1.82, 2.24) is 29.0 Å². The number of fused-ring (bicyclic) bond motifs is 3. The van der Waals surface area contributed by atoms with Gasteiger partial charge in [0.25, 0.3) is 0 Å². The predicted octanol–water partition coefficient (Wildman–Crippen LogP) is 0.722. The molecule has 1 fully saturated rings. The first-order chi connectivity index (χ1) is 13.3. The molecule has 0 aromatic carbocycles. The molecule has 3 aromatic rings. The number of aromatic nitrogens is 4. The highest BCUT2D eigenvalue weighted by Gasteiger charge is 2.24. The molecule has 148 valence electrons. The van der Waals surface area contributed by atoms with Crippen LogP contribution in [0.5, 0.6) is 0 Å². The van der Waals surface area contributed by atoms with Crippen molar-refractivity contribution in [1.29, 1.82) is 0 Å². The Bertz CT molecular complexity index is 1170. The van der Waals surface area contributed by atoms with Crippen LogP contribution in [-0.4, -0.2) is 67.0 Å². The SMILES string of the molecule is CC(=O)N1CCN(C(=O)Cn2nc3c4c(C)c(C)sc4nc(C)n3c2=O)CC1. The van der Waals surface area contributed by atoms with E-state index >= 15 is 0 Å². The summed E-state index contributed by atoms with van der Waals surface area (Å²) in [5.41, 5.74) is 1.24. The number of carbonyl (C=O) groups excluding carboxylic acids is 2. The van der Waals surface area contributed by atoms with Gasteiger partial charge in [-0.05, 0) is 26.3 Å². The molecule has 2 amide bonds. The Labute approximate surface area is 165 Å². The van der Waals surface area contributed by atoms with Crippen molar-refractivity contribution < 1.29 is 9.59 Å². The molecule has 1 aliphatic heterocycles. The van der Waals surface area contributed by atoms with Gasteiger partial charge in [0.15, 0.2) is 5.65 Å². The summed E-state index contributed by atoms with van der Waals surface area (Å²) >= 11 is 1.58. The summed E-state index contributed by atoms with van der Waals surface area (Å²) in [6.07, 6.45) is 0. The maximum absolute atomic E-state index is 12.9. The van der Waals surface area contributed by atoms with Gasteiger partial charge in [-0.25, -0.2) is 18.9 Å². The molecule has 0 bridgehead atoms. The summed E-state index contributed by atoms with van der Waals surface area (Å²) in [4.78, 5) is 46.9. The first-order valence-electron chi connectivity index (χ1n) is 9.17. The maximum Gasteiger partial charge on any atom is 0.352 e. The van der Waals surface area contributed by atoms with Crippen molar-refractivity contribution in [2.45, 2.75) is 34.2 Å². The quantitative estimate of drug-likeness (QED) is 0.630. The molecule has 1 aliphatic rings. The monoisotopic (exact) mass is 402 g/mol. The maximum atomic E-state index is 12.9. The van der Waals surface area contributed by atoms with Crippen LogP contribution >= 0.6 is 11.3 Å². The highest BCUT2D eigenvalue weighted by atomic mass is 32.1. The summed E-state index contributed by atoms with van der Waals surface area (Å²) in [7, 11) is 0. The van der Waals surface area contributed by atoms with E-state index in [0.29, 0.717) is 37.7 Å². The predicted molar refractivity (Wildman–Crippen MR) is 106 cm³/mol. The molecule has 3 aromatic heterocycles. The molecule has 0 aliphatic carbocycles. The van der Waals surface area contributed by atoms with E-state index in [2.05, 4.69) is 10.1 Å². The van der Waals surface area contributed by atoms with Gasteiger partial charge in [-0.3, -0.25) is 9.59 Å². The minimum atomic E-state index is -0.360. The molecule has 28 heavy (non-hydrogen) atoms. The number of thiophene rings is 1. The lowest BCUT2D eigenvalue weighted by molar-refractivity contribution is -0.139. The summed E-state index contributed by atoms with van der Waals surface area (Å²) < 4.78 is 2.69. The minimum Gasteiger partial charge on any atom is -0.339 e. The Morgan fingerprint density at radius 3 is 2.36 bits per heavy atom.